The molecule has 0 spiro atoms. The summed E-state index contributed by atoms with van der Waals surface area (Å²) in [7, 11) is -3.58. The molecule has 5 heteroatoms. The summed E-state index contributed by atoms with van der Waals surface area (Å²) in [6.45, 7) is 5.96. The summed E-state index contributed by atoms with van der Waals surface area (Å²) in [5.74, 6) is 5.12. The molecule has 0 amide bonds. The van der Waals surface area contributed by atoms with Crippen LogP contribution in [0.4, 0.5) is 0 Å². The van der Waals surface area contributed by atoms with Crippen molar-refractivity contribution in [2.45, 2.75) is 44.9 Å². The molecule has 0 aliphatic carbocycles. The molecule has 0 aliphatic heterocycles. The fraction of sp³-hybridized carbons (Fsp3) is 0.500. The quantitative estimate of drug-likeness (QED) is 0.620. The molecule has 0 bridgehead atoms. The third-order valence-electron chi connectivity index (χ3n) is 2.90. The van der Waals surface area contributed by atoms with Gasteiger partial charge in [0, 0.05) is 0 Å². The van der Waals surface area contributed by atoms with Crippen molar-refractivity contribution in [1.29, 1.82) is 0 Å². The van der Waals surface area contributed by atoms with Crippen molar-refractivity contribution in [3.63, 3.8) is 0 Å². The van der Waals surface area contributed by atoms with Gasteiger partial charge in [-0.3, -0.25) is 5.84 Å². The zero-order valence-electron chi connectivity index (χ0n) is 10.6. The molecule has 1 aromatic rings. The van der Waals surface area contributed by atoms with Crippen LogP contribution in [0.15, 0.2) is 17.0 Å². The number of hydrazine groups is 1. The average Bonchev–Trinajstić information content (AvgIpc) is 2.36. The molecule has 3 N–H and O–H groups in total. The second-order valence-electron chi connectivity index (χ2n) is 3.93. The minimum Gasteiger partial charge on any atom is -0.257 e. The van der Waals surface area contributed by atoms with Crippen molar-refractivity contribution >= 4 is 10.0 Å². The van der Waals surface area contributed by atoms with Gasteiger partial charge in [0.2, 0.25) is 0 Å². The molecule has 0 atom stereocenters. The van der Waals surface area contributed by atoms with Gasteiger partial charge in [-0.05, 0) is 36.0 Å². The molecule has 1 aromatic carbocycles. The molecule has 0 aromatic heterocycles. The second-order valence-corrected chi connectivity index (χ2v) is 5.58. The van der Waals surface area contributed by atoms with Gasteiger partial charge in [0.05, 0.1) is 4.90 Å². The largest absolute Gasteiger partial charge is 0.257 e. The third-order valence-corrected chi connectivity index (χ3v) is 4.27. The number of rotatable bonds is 5. The lowest BCUT2D eigenvalue weighted by atomic mass is 10.0. The fourth-order valence-electron chi connectivity index (χ4n) is 1.96. The van der Waals surface area contributed by atoms with Gasteiger partial charge in [0.25, 0.3) is 10.0 Å². The maximum Gasteiger partial charge on any atom is 0.253 e. The van der Waals surface area contributed by atoms with E-state index in [0.29, 0.717) is 17.7 Å². The van der Waals surface area contributed by atoms with E-state index in [2.05, 4.69) is 6.92 Å². The maximum absolute atomic E-state index is 11.9. The van der Waals surface area contributed by atoms with Crippen molar-refractivity contribution in [1.82, 2.24) is 4.83 Å². The summed E-state index contributed by atoms with van der Waals surface area (Å²) in [5, 5.41) is 0. The van der Waals surface area contributed by atoms with Gasteiger partial charge in [-0.2, -0.15) is 4.83 Å². The molecule has 0 radical (unpaired) electrons. The fourth-order valence-corrected chi connectivity index (χ4v) is 3.17. The van der Waals surface area contributed by atoms with Crippen molar-refractivity contribution < 1.29 is 8.42 Å². The molecule has 0 unspecified atom stereocenters. The van der Waals surface area contributed by atoms with Crippen LogP contribution in [0.2, 0.25) is 0 Å². The minimum atomic E-state index is -3.58. The highest BCUT2D eigenvalue weighted by molar-refractivity contribution is 7.89. The molecular formula is C12H20N2O2S. The number of aryl methyl sites for hydroxylation is 3. The summed E-state index contributed by atoms with van der Waals surface area (Å²) in [6.07, 6.45) is 2.25. The molecule has 0 fully saturated rings. The van der Waals surface area contributed by atoms with E-state index in [1.807, 2.05) is 30.8 Å². The van der Waals surface area contributed by atoms with Crippen molar-refractivity contribution in [2.75, 3.05) is 0 Å². The Kier molecular flexibility index (Phi) is 4.68. The van der Waals surface area contributed by atoms with E-state index in [0.717, 1.165) is 23.1 Å². The second kappa shape index (κ2) is 5.62. The first-order chi connectivity index (χ1) is 8.00. The zero-order chi connectivity index (χ0) is 13.1. The van der Waals surface area contributed by atoms with Gasteiger partial charge in [0.15, 0.2) is 0 Å². The Labute approximate surface area is 103 Å². The summed E-state index contributed by atoms with van der Waals surface area (Å²) >= 11 is 0. The number of benzene rings is 1. The van der Waals surface area contributed by atoms with Crippen LogP contribution in [-0.4, -0.2) is 8.42 Å². The van der Waals surface area contributed by atoms with Crippen LogP contribution in [0.5, 0.6) is 0 Å². The predicted molar refractivity (Wildman–Crippen MR) is 69.1 cm³/mol. The molecule has 0 saturated heterocycles. The first-order valence-corrected chi connectivity index (χ1v) is 7.35. The number of nitrogens with two attached hydrogens (primary N) is 1. The van der Waals surface area contributed by atoms with Gasteiger partial charge in [0.1, 0.15) is 0 Å². The third kappa shape index (κ3) is 2.86. The van der Waals surface area contributed by atoms with E-state index in [-0.39, 0.29) is 0 Å². The summed E-state index contributed by atoms with van der Waals surface area (Å²) in [6, 6.07) is 3.90. The van der Waals surface area contributed by atoms with E-state index in [4.69, 9.17) is 5.84 Å². The Balaban J connectivity index is 3.57. The van der Waals surface area contributed by atoms with Crippen LogP contribution in [0.3, 0.4) is 0 Å². The standard InChI is InChI=1S/C12H20N2O2S/c1-4-9-7-10(5-2)12(11(6-3)8-9)17(15,16)14-13/h7-8,14H,4-6,13H2,1-3H3. The van der Waals surface area contributed by atoms with Gasteiger partial charge in [-0.1, -0.05) is 32.9 Å². The van der Waals surface area contributed by atoms with Gasteiger partial charge in [-0.15, -0.1) is 0 Å². The highest BCUT2D eigenvalue weighted by Crippen LogP contribution is 2.24. The number of hydrogen-bond donors (Lipinski definition) is 2. The topological polar surface area (TPSA) is 72.2 Å². The van der Waals surface area contributed by atoms with Crippen LogP contribution in [0, 0.1) is 0 Å². The molecule has 17 heavy (non-hydrogen) atoms. The summed E-state index contributed by atoms with van der Waals surface area (Å²) in [4.78, 5) is 2.27. The predicted octanol–water partition coefficient (Wildman–Crippen LogP) is 1.53. The Morgan fingerprint density at radius 3 is 1.82 bits per heavy atom. The van der Waals surface area contributed by atoms with Crippen molar-refractivity contribution in [3.8, 4) is 0 Å². The summed E-state index contributed by atoms with van der Waals surface area (Å²) in [5.41, 5.74) is 2.83. The Morgan fingerprint density at radius 1 is 1.06 bits per heavy atom. The van der Waals surface area contributed by atoms with Crippen LogP contribution in [0.25, 0.3) is 0 Å². The number of nitrogens with one attached hydrogen (secondary N) is 1. The summed E-state index contributed by atoms with van der Waals surface area (Å²) < 4.78 is 23.8. The Bertz CT molecular complexity index is 470. The van der Waals surface area contributed by atoms with Gasteiger partial charge < -0.3 is 0 Å². The molecule has 0 saturated carbocycles. The van der Waals surface area contributed by atoms with E-state index < -0.39 is 10.0 Å². The van der Waals surface area contributed by atoms with Gasteiger partial charge in [-0.25, -0.2) is 8.42 Å². The lowest BCUT2D eigenvalue weighted by Gasteiger charge is -2.14. The molecule has 0 heterocycles. The smallest absolute Gasteiger partial charge is 0.253 e. The highest BCUT2D eigenvalue weighted by atomic mass is 32.2. The first-order valence-electron chi connectivity index (χ1n) is 5.87. The lowest BCUT2D eigenvalue weighted by Crippen LogP contribution is -2.31. The maximum atomic E-state index is 11.9. The van der Waals surface area contributed by atoms with E-state index in [9.17, 15) is 8.42 Å². The molecule has 96 valence electrons. The van der Waals surface area contributed by atoms with Crippen LogP contribution in [-0.2, 0) is 29.3 Å². The van der Waals surface area contributed by atoms with E-state index >= 15 is 0 Å². The van der Waals surface area contributed by atoms with Crippen LogP contribution >= 0.6 is 0 Å². The lowest BCUT2D eigenvalue weighted by molar-refractivity contribution is 0.581. The Hall–Kier alpha value is -0.910. The first kappa shape index (κ1) is 14.2. The number of hydrogen-bond acceptors (Lipinski definition) is 3. The average molecular weight is 256 g/mol. The molecular weight excluding hydrogens is 236 g/mol. The number of sulfonamides is 1. The molecule has 4 nitrogen and oxygen atoms in total. The van der Waals surface area contributed by atoms with Crippen molar-refractivity contribution in [3.05, 3.63) is 28.8 Å². The normalized spacial score (nSPS) is 11.8. The van der Waals surface area contributed by atoms with Crippen LogP contribution < -0.4 is 10.7 Å². The molecule has 0 aliphatic rings. The Morgan fingerprint density at radius 2 is 1.53 bits per heavy atom. The zero-order valence-corrected chi connectivity index (χ0v) is 11.4. The molecule has 1 rings (SSSR count). The monoisotopic (exact) mass is 256 g/mol. The SMILES string of the molecule is CCc1cc(CC)c(S(=O)(=O)NN)c(CC)c1. The van der Waals surface area contributed by atoms with E-state index in [1.54, 1.807) is 0 Å². The highest BCUT2D eigenvalue weighted by Gasteiger charge is 2.20. The minimum absolute atomic E-state index is 0.349. The van der Waals surface area contributed by atoms with Gasteiger partial charge >= 0.3 is 0 Å². The van der Waals surface area contributed by atoms with Crippen LogP contribution in [0.1, 0.15) is 37.5 Å². The van der Waals surface area contributed by atoms with E-state index in [1.165, 1.54) is 0 Å². The van der Waals surface area contributed by atoms with Crippen molar-refractivity contribution in [2.24, 2.45) is 5.84 Å².